The van der Waals surface area contributed by atoms with E-state index >= 15 is 0 Å². The fourth-order valence-electron chi connectivity index (χ4n) is 7.54. The minimum absolute atomic E-state index is 0.0335. The first-order valence-electron chi connectivity index (χ1n) is 18.0. The minimum atomic E-state index is -0.217. The molecule has 8 heteroatoms. The number of nitrogens with one attached hydrogen (secondary N) is 2. The fourth-order valence-corrected chi connectivity index (χ4v) is 7.54. The summed E-state index contributed by atoms with van der Waals surface area (Å²) in [7, 11) is 0. The molecular formula is C43H42N4O4. The molecule has 3 aromatic carbocycles. The van der Waals surface area contributed by atoms with Gasteiger partial charge in [-0.05, 0) is 140 Å². The Morgan fingerprint density at radius 2 is 1.63 bits per heavy atom. The highest BCUT2D eigenvalue weighted by atomic mass is 16.5. The Labute approximate surface area is 298 Å². The monoisotopic (exact) mass is 678 g/mol. The van der Waals surface area contributed by atoms with Crippen LogP contribution in [0.15, 0.2) is 91.1 Å². The molecule has 8 rings (SSSR count). The van der Waals surface area contributed by atoms with Crippen molar-refractivity contribution < 1.29 is 19.1 Å². The highest BCUT2D eigenvalue weighted by Gasteiger charge is 2.37. The maximum absolute atomic E-state index is 14.0. The quantitative estimate of drug-likeness (QED) is 0.206. The molecule has 4 aromatic rings. The standard InChI is InChI=1S/C43H42N4O4/c1-28-24-37(39(44-27-28)34-16-18-43(26-34)19-22-51-23-20-43)41(49)46-35-12-10-31(11-13-35)42(50)47-21-17-32(25-33-4-2-3-5-38(33)47)29-6-8-30(9-7-29)40(48)45-36-14-15-36/h2-13,16,24-25,27,36H,14-15,17-23,26H2,1H3,(H,45,48)(H,46,49). The third-order valence-electron chi connectivity index (χ3n) is 10.7. The molecule has 1 aromatic heterocycles. The van der Waals surface area contributed by atoms with E-state index < -0.39 is 0 Å². The highest BCUT2D eigenvalue weighted by Crippen LogP contribution is 2.48. The van der Waals surface area contributed by atoms with Gasteiger partial charge < -0.3 is 20.3 Å². The van der Waals surface area contributed by atoms with Crippen LogP contribution in [-0.2, 0) is 4.74 Å². The number of allylic oxidation sites excluding steroid dienone is 2. The molecule has 8 nitrogen and oxygen atoms in total. The summed E-state index contributed by atoms with van der Waals surface area (Å²) in [5.41, 5.74) is 9.31. The predicted octanol–water partition coefficient (Wildman–Crippen LogP) is 8.10. The second-order valence-electron chi connectivity index (χ2n) is 14.4. The second-order valence-corrected chi connectivity index (χ2v) is 14.4. The van der Waals surface area contributed by atoms with Crippen LogP contribution in [-0.4, -0.2) is 48.5 Å². The number of hydrogen-bond donors (Lipinski definition) is 2. The normalized spacial score (nSPS) is 17.9. The van der Waals surface area contributed by atoms with E-state index in [1.165, 1.54) is 0 Å². The van der Waals surface area contributed by atoms with E-state index in [9.17, 15) is 14.4 Å². The molecule has 258 valence electrons. The number of anilines is 2. The van der Waals surface area contributed by atoms with E-state index in [2.05, 4.69) is 22.8 Å². The van der Waals surface area contributed by atoms with Gasteiger partial charge in [-0.25, -0.2) is 0 Å². The number of aryl methyl sites for hydroxylation is 1. The van der Waals surface area contributed by atoms with Gasteiger partial charge in [-0.2, -0.15) is 0 Å². The molecule has 1 saturated heterocycles. The molecule has 1 spiro atoms. The van der Waals surface area contributed by atoms with Crippen LogP contribution < -0.4 is 15.5 Å². The number of benzene rings is 3. The van der Waals surface area contributed by atoms with Crippen molar-refractivity contribution in [3.05, 3.63) is 130 Å². The molecule has 2 fully saturated rings. The van der Waals surface area contributed by atoms with Gasteiger partial charge in [0.2, 0.25) is 0 Å². The van der Waals surface area contributed by atoms with Crippen LogP contribution in [0.25, 0.3) is 17.2 Å². The molecule has 0 atom stereocenters. The number of aromatic nitrogens is 1. The molecular weight excluding hydrogens is 636 g/mol. The lowest BCUT2D eigenvalue weighted by atomic mass is 9.77. The highest BCUT2D eigenvalue weighted by molar-refractivity contribution is 6.10. The molecule has 0 radical (unpaired) electrons. The van der Waals surface area contributed by atoms with Crippen LogP contribution >= 0.6 is 0 Å². The third-order valence-corrected chi connectivity index (χ3v) is 10.7. The predicted molar refractivity (Wildman–Crippen MR) is 201 cm³/mol. The number of ether oxygens (including phenoxy) is 1. The first-order chi connectivity index (χ1) is 24.8. The van der Waals surface area contributed by atoms with E-state index in [0.29, 0.717) is 41.4 Å². The van der Waals surface area contributed by atoms with Crippen molar-refractivity contribution in [1.82, 2.24) is 10.3 Å². The second kappa shape index (κ2) is 13.8. The number of para-hydroxylation sites is 1. The maximum atomic E-state index is 14.0. The van der Waals surface area contributed by atoms with Crippen molar-refractivity contribution >= 4 is 46.3 Å². The summed E-state index contributed by atoms with van der Waals surface area (Å²) in [4.78, 5) is 46.8. The zero-order valence-electron chi connectivity index (χ0n) is 28.9. The lowest BCUT2D eigenvalue weighted by molar-refractivity contribution is 0.0217. The Kier molecular flexibility index (Phi) is 8.86. The zero-order valence-corrected chi connectivity index (χ0v) is 28.9. The molecule has 2 aliphatic heterocycles. The number of amides is 3. The molecule has 2 aliphatic carbocycles. The number of carbonyl (C=O) groups excluding carboxylic acids is 3. The largest absolute Gasteiger partial charge is 0.381 e. The summed E-state index contributed by atoms with van der Waals surface area (Å²) in [6.45, 7) is 4.01. The van der Waals surface area contributed by atoms with Crippen molar-refractivity contribution in [3.63, 3.8) is 0 Å². The van der Waals surface area contributed by atoms with Crippen molar-refractivity contribution in [1.29, 1.82) is 0 Å². The number of pyridine rings is 1. The van der Waals surface area contributed by atoms with Crippen molar-refractivity contribution in [2.24, 2.45) is 5.41 Å². The molecule has 2 N–H and O–H groups in total. The third kappa shape index (κ3) is 7.01. The topological polar surface area (TPSA) is 101 Å². The molecule has 0 unspecified atom stereocenters. The van der Waals surface area contributed by atoms with Gasteiger partial charge in [0.1, 0.15) is 0 Å². The molecule has 3 heterocycles. The summed E-state index contributed by atoms with van der Waals surface area (Å²) in [6, 6.07) is 25.0. The van der Waals surface area contributed by atoms with Crippen LogP contribution in [0, 0.1) is 12.3 Å². The zero-order chi connectivity index (χ0) is 35.0. The van der Waals surface area contributed by atoms with Gasteiger partial charge in [0.15, 0.2) is 0 Å². The smallest absolute Gasteiger partial charge is 0.258 e. The Hall–Kier alpha value is -5.34. The molecule has 4 aliphatic rings. The Morgan fingerprint density at radius 3 is 2.39 bits per heavy atom. The number of fused-ring (bicyclic) bond motifs is 1. The number of nitrogens with zero attached hydrogens (tertiary/aromatic N) is 2. The summed E-state index contributed by atoms with van der Waals surface area (Å²) < 4.78 is 5.62. The molecule has 51 heavy (non-hydrogen) atoms. The summed E-state index contributed by atoms with van der Waals surface area (Å²) in [5, 5.41) is 6.10. The van der Waals surface area contributed by atoms with Gasteiger partial charge in [-0.3, -0.25) is 19.4 Å². The number of rotatable bonds is 7. The van der Waals surface area contributed by atoms with Crippen LogP contribution in [0.2, 0.25) is 0 Å². The first-order valence-corrected chi connectivity index (χ1v) is 18.0. The average Bonchev–Trinajstić information content (AvgIpc) is 3.93. The van der Waals surface area contributed by atoms with Gasteiger partial charge in [0, 0.05) is 48.8 Å². The number of hydrogen-bond acceptors (Lipinski definition) is 5. The maximum Gasteiger partial charge on any atom is 0.258 e. The minimum Gasteiger partial charge on any atom is -0.381 e. The SMILES string of the molecule is Cc1cnc(C2=CCC3(CCOCC3)C2)c(C(=O)Nc2ccc(C(=O)N3CCC(c4ccc(C(=O)NC5CC5)cc4)=Cc4ccccc43)cc2)c1. The molecule has 1 saturated carbocycles. The van der Waals surface area contributed by atoms with Crippen LogP contribution in [0.4, 0.5) is 11.4 Å². The van der Waals surface area contributed by atoms with E-state index in [1.54, 1.807) is 24.3 Å². The van der Waals surface area contributed by atoms with Crippen LogP contribution in [0.5, 0.6) is 0 Å². The van der Waals surface area contributed by atoms with E-state index in [0.717, 1.165) is 91.0 Å². The van der Waals surface area contributed by atoms with Gasteiger partial charge >= 0.3 is 0 Å². The van der Waals surface area contributed by atoms with Crippen LogP contribution in [0.1, 0.15) is 98.4 Å². The Bertz CT molecular complexity index is 2050. The Balaban J connectivity index is 0.960. The van der Waals surface area contributed by atoms with Crippen molar-refractivity contribution in [3.8, 4) is 0 Å². The lowest BCUT2D eigenvalue weighted by Gasteiger charge is -2.33. The van der Waals surface area contributed by atoms with Gasteiger partial charge in [-0.15, -0.1) is 0 Å². The summed E-state index contributed by atoms with van der Waals surface area (Å²) in [6.07, 6.45) is 12.9. The van der Waals surface area contributed by atoms with Crippen molar-refractivity contribution in [2.45, 2.75) is 57.9 Å². The van der Waals surface area contributed by atoms with Gasteiger partial charge in [0.05, 0.1) is 16.9 Å². The van der Waals surface area contributed by atoms with Gasteiger partial charge in [0.25, 0.3) is 17.7 Å². The summed E-state index contributed by atoms with van der Waals surface area (Å²) in [5.74, 6) is -0.359. The van der Waals surface area contributed by atoms with Crippen LogP contribution in [0.3, 0.4) is 0 Å². The molecule has 3 amide bonds. The Morgan fingerprint density at radius 1 is 0.882 bits per heavy atom. The average molecular weight is 679 g/mol. The van der Waals surface area contributed by atoms with E-state index in [4.69, 9.17) is 9.72 Å². The van der Waals surface area contributed by atoms with Gasteiger partial charge in [-0.1, -0.05) is 36.4 Å². The van der Waals surface area contributed by atoms with Crippen molar-refractivity contribution in [2.75, 3.05) is 30.0 Å². The summed E-state index contributed by atoms with van der Waals surface area (Å²) >= 11 is 0. The lowest BCUT2D eigenvalue weighted by Crippen LogP contribution is -2.32. The van der Waals surface area contributed by atoms with E-state index in [1.807, 2.05) is 72.6 Å². The first kappa shape index (κ1) is 32.8. The fraction of sp³-hybridized carbons (Fsp3) is 0.302. The number of carbonyl (C=O) groups is 3. The molecule has 0 bridgehead atoms. The van der Waals surface area contributed by atoms with E-state index in [-0.39, 0.29) is 23.1 Å².